The molecule has 0 aliphatic rings. The molecule has 0 saturated carbocycles. The van der Waals surface area contributed by atoms with E-state index in [1.54, 1.807) is 12.3 Å². The second kappa shape index (κ2) is 5.54. The molecular formula is C15H13N5O. The van der Waals surface area contributed by atoms with E-state index in [-0.39, 0.29) is 11.2 Å². The summed E-state index contributed by atoms with van der Waals surface area (Å²) < 4.78 is 0. The average molecular weight is 279 g/mol. The number of H-pyrrole nitrogens is 2. The summed E-state index contributed by atoms with van der Waals surface area (Å²) in [4.78, 5) is 16.0. The SMILES string of the molecule is Cc1ccc(N=Nc2c(-c3ccccn3)[nH][nH]c2=O)cc1. The molecule has 0 spiro atoms. The third-order valence-corrected chi connectivity index (χ3v) is 2.97. The minimum Gasteiger partial charge on any atom is -0.294 e. The zero-order chi connectivity index (χ0) is 14.7. The van der Waals surface area contributed by atoms with Gasteiger partial charge in [0.1, 0.15) is 5.69 Å². The van der Waals surface area contributed by atoms with Crippen LogP contribution in [-0.2, 0) is 0 Å². The van der Waals surface area contributed by atoms with Gasteiger partial charge in [-0.1, -0.05) is 23.8 Å². The number of rotatable bonds is 3. The van der Waals surface area contributed by atoms with Gasteiger partial charge in [0.05, 0.1) is 11.4 Å². The van der Waals surface area contributed by atoms with Crippen LogP contribution < -0.4 is 5.56 Å². The van der Waals surface area contributed by atoms with Crippen molar-refractivity contribution in [1.29, 1.82) is 0 Å². The highest BCUT2D eigenvalue weighted by Gasteiger charge is 2.12. The number of pyridine rings is 1. The summed E-state index contributed by atoms with van der Waals surface area (Å²) in [5, 5.41) is 13.4. The molecular weight excluding hydrogens is 266 g/mol. The van der Waals surface area contributed by atoms with E-state index in [1.165, 1.54) is 0 Å². The van der Waals surface area contributed by atoms with E-state index >= 15 is 0 Å². The maximum absolute atomic E-state index is 11.8. The molecule has 0 fully saturated rings. The number of hydrogen-bond donors (Lipinski definition) is 2. The highest BCUT2D eigenvalue weighted by molar-refractivity contribution is 5.67. The average Bonchev–Trinajstić information content (AvgIpc) is 2.89. The van der Waals surface area contributed by atoms with Crippen molar-refractivity contribution < 1.29 is 0 Å². The van der Waals surface area contributed by atoms with Gasteiger partial charge in [0.25, 0.3) is 5.56 Å². The Bertz CT molecular complexity index is 815. The molecule has 0 radical (unpaired) electrons. The lowest BCUT2D eigenvalue weighted by Gasteiger charge is -1.97. The molecule has 0 saturated heterocycles. The predicted octanol–water partition coefficient (Wildman–Crippen LogP) is 3.49. The van der Waals surface area contributed by atoms with Crippen molar-refractivity contribution in [2.45, 2.75) is 6.92 Å². The predicted molar refractivity (Wildman–Crippen MR) is 80.0 cm³/mol. The third kappa shape index (κ3) is 2.79. The quantitative estimate of drug-likeness (QED) is 0.719. The highest BCUT2D eigenvalue weighted by atomic mass is 16.1. The van der Waals surface area contributed by atoms with Crippen LogP contribution in [0.15, 0.2) is 63.7 Å². The fraction of sp³-hybridized carbons (Fsp3) is 0.0667. The fourth-order valence-corrected chi connectivity index (χ4v) is 1.86. The molecule has 6 nitrogen and oxygen atoms in total. The number of nitrogens with zero attached hydrogens (tertiary/aromatic N) is 3. The summed E-state index contributed by atoms with van der Waals surface area (Å²) in [6.07, 6.45) is 1.65. The van der Waals surface area contributed by atoms with Crippen LogP contribution in [0.4, 0.5) is 11.4 Å². The molecule has 2 aromatic heterocycles. The zero-order valence-corrected chi connectivity index (χ0v) is 11.4. The molecule has 0 amide bonds. The van der Waals surface area contributed by atoms with Crippen molar-refractivity contribution >= 4 is 11.4 Å². The molecule has 2 heterocycles. The summed E-state index contributed by atoms with van der Waals surface area (Å²) in [6, 6.07) is 13.0. The molecule has 0 bridgehead atoms. The van der Waals surface area contributed by atoms with Crippen molar-refractivity contribution in [3.63, 3.8) is 0 Å². The van der Waals surface area contributed by atoms with Gasteiger partial charge in [-0.05, 0) is 31.2 Å². The van der Waals surface area contributed by atoms with Gasteiger partial charge < -0.3 is 0 Å². The van der Waals surface area contributed by atoms with Gasteiger partial charge in [-0.15, -0.1) is 5.11 Å². The van der Waals surface area contributed by atoms with Gasteiger partial charge in [-0.3, -0.25) is 20.0 Å². The summed E-state index contributed by atoms with van der Waals surface area (Å²) in [5.74, 6) is 0. The highest BCUT2D eigenvalue weighted by Crippen LogP contribution is 2.24. The second-order valence-electron chi connectivity index (χ2n) is 4.55. The first-order valence-corrected chi connectivity index (χ1v) is 6.44. The van der Waals surface area contributed by atoms with Crippen LogP contribution in [0.25, 0.3) is 11.4 Å². The molecule has 0 atom stereocenters. The van der Waals surface area contributed by atoms with E-state index in [1.807, 2.05) is 43.3 Å². The molecule has 3 aromatic rings. The normalized spacial score (nSPS) is 11.1. The Hall–Kier alpha value is -3.02. The van der Waals surface area contributed by atoms with Crippen LogP contribution >= 0.6 is 0 Å². The lowest BCUT2D eigenvalue weighted by atomic mass is 10.2. The molecule has 0 aliphatic heterocycles. The van der Waals surface area contributed by atoms with Crippen molar-refractivity contribution in [2.24, 2.45) is 10.2 Å². The Morgan fingerprint density at radius 3 is 2.52 bits per heavy atom. The van der Waals surface area contributed by atoms with E-state index in [0.29, 0.717) is 17.1 Å². The lowest BCUT2D eigenvalue weighted by molar-refractivity contribution is 1.05. The summed E-state index contributed by atoms with van der Waals surface area (Å²) in [6.45, 7) is 2.00. The van der Waals surface area contributed by atoms with Gasteiger partial charge in [0.2, 0.25) is 0 Å². The molecule has 6 heteroatoms. The zero-order valence-electron chi connectivity index (χ0n) is 11.4. The Balaban J connectivity index is 1.98. The van der Waals surface area contributed by atoms with E-state index in [4.69, 9.17) is 0 Å². The van der Waals surface area contributed by atoms with Crippen molar-refractivity contribution in [3.05, 3.63) is 64.6 Å². The smallest absolute Gasteiger partial charge is 0.292 e. The lowest BCUT2D eigenvalue weighted by Crippen LogP contribution is -1.96. The van der Waals surface area contributed by atoms with Gasteiger partial charge in [-0.2, -0.15) is 5.11 Å². The first-order valence-electron chi connectivity index (χ1n) is 6.44. The maximum atomic E-state index is 11.8. The van der Waals surface area contributed by atoms with Crippen molar-refractivity contribution in [2.75, 3.05) is 0 Å². The molecule has 21 heavy (non-hydrogen) atoms. The number of aromatic nitrogens is 3. The number of aromatic amines is 2. The minimum atomic E-state index is -0.327. The first kappa shape index (κ1) is 13.0. The first-order chi connectivity index (χ1) is 10.2. The Morgan fingerprint density at radius 2 is 1.81 bits per heavy atom. The maximum Gasteiger partial charge on any atom is 0.292 e. The van der Waals surface area contributed by atoms with Crippen LogP contribution in [-0.4, -0.2) is 15.2 Å². The minimum absolute atomic E-state index is 0.217. The van der Waals surface area contributed by atoms with E-state index in [9.17, 15) is 4.79 Å². The number of aryl methyl sites for hydroxylation is 1. The van der Waals surface area contributed by atoms with E-state index in [0.717, 1.165) is 5.56 Å². The molecule has 1 aromatic carbocycles. The number of nitrogens with one attached hydrogen (secondary N) is 2. The molecule has 0 aliphatic carbocycles. The number of hydrogen-bond acceptors (Lipinski definition) is 4. The Kier molecular flexibility index (Phi) is 3.42. The summed E-state index contributed by atoms with van der Waals surface area (Å²) in [5.41, 5.74) is 2.88. The second-order valence-corrected chi connectivity index (χ2v) is 4.55. The monoisotopic (exact) mass is 279 g/mol. The number of azo groups is 1. The molecule has 0 unspecified atom stereocenters. The van der Waals surface area contributed by atoms with Crippen LogP contribution in [0.2, 0.25) is 0 Å². The van der Waals surface area contributed by atoms with Crippen LogP contribution in [0.5, 0.6) is 0 Å². The van der Waals surface area contributed by atoms with Gasteiger partial charge in [0.15, 0.2) is 5.69 Å². The fourth-order valence-electron chi connectivity index (χ4n) is 1.86. The van der Waals surface area contributed by atoms with Gasteiger partial charge >= 0.3 is 0 Å². The Labute approximate surface area is 120 Å². The summed E-state index contributed by atoms with van der Waals surface area (Å²) in [7, 11) is 0. The van der Waals surface area contributed by atoms with Crippen molar-refractivity contribution in [1.82, 2.24) is 15.2 Å². The van der Waals surface area contributed by atoms with Crippen molar-refractivity contribution in [3.8, 4) is 11.4 Å². The third-order valence-electron chi connectivity index (χ3n) is 2.97. The molecule has 104 valence electrons. The van der Waals surface area contributed by atoms with Gasteiger partial charge in [-0.25, -0.2) is 0 Å². The van der Waals surface area contributed by atoms with Crippen LogP contribution in [0.1, 0.15) is 5.56 Å². The van der Waals surface area contributed by atoms with E-state index < -0.39 is 0 Å². The topological polar surface area (TPSA) is 86.3 Å². The standard InChI is InChI=1S/C15H13N5O/c1-10-5-7-11(8-6-10)17-19-14-13(18-20-15(14)21)12-4-2-3-9-16-12/h2-9H,1H3,(H2,18,20,21). The van der Waals surface area contributed by atoms with E-state index in [2.05, 4.69) is 25.4 Å². The largest absolute Gasteiger partial charge is 0.294 e. The Morgan fingerprint density at radius 1 is 1.00 bits per heavy atom. The molecule has 2 N–H and O–H groups in total. The summed E-state index contributed by atoms with van der Waals surface area (Å²) >= 11 is 0. The van der Waals surface area contributed by atoms with Crippen LogP contribution in [0.3, 0.4) is 0 Å². The number of benzene rings is 1. The van der Waals surface area contributed by atoms with Crippen LogP contribution in [0, 0.1) is 6.92 Å². The van der Waals surface area contributed by atoms with Gasteiger partial charge in [0, 0.05) is 6.20 Å². The molecule has 3 rings (SSSR count).